The number of anilines is 3. The Morgan fingerprint density at radius 1 is 0.431 bits per heavy atom. The van der Waals surface area contributed by atoms with Crippen molar-refractivity contribution in [3.8, 4) is 5.69 Å². The topological polar surface area (TPSA) is 34.2 Å². The number of furan rings is 1. The lowest BCUT2D eigenvalue weighted by Gasteiger charge is -2.27. The van der Waals surface area contributed by atoms with E-state index in [2.05, 4.69) is 172 Å². The summed E-state index contributed by atoms with van der Waals surface area (Å²) in [7, 11) is 0. The summed E-state index contributed by atoms with van der Waals surface area (Å²) < 4.78 is 8.67. The molecule has 4 heteroatoms. The van der Waals surface area contributed by atoms with E-state index < -0.39 is 0 Å². The second-order valence-corrected chi connectivity index (χ2v) is 13.2. The van der Waals surface area contributed by atoms with Gasteiger partial charge in [0.1, 0.15) is 5.58 Å². The van der Waals surface area contributed by atoms with Crippen LogP contribution in [-0.2, 0) is 0 Å². The molecule has 51 heavy (non-hydrogen) atoms. The molecular formula is C47H29N3O. The number of nitrogens with zero attached hydrogens (tertiary/aromatic N) is 3. The molecular weight excluding hydrogens is 623 g/mol. The SMILES string of the molecule is c1ccc2cc(N(c3cc(-n4c5ccccc5c5c6ccccc6ccc54)c4ccccc4c3)c3ccc4oc5cnccc5c4c3)ccc2c1. The molecule has 0 saturated heterocycles. The molecule has 0 atom stereocenters. The first-order valence-electron chi connectivity index (χ1n) is 17.3. The van der Waals surface area contributed by atoms with Crippen molar-refractivity contribution in [2.75, 3.05) is 4.90 Å². The van der Waals surface area contributed by atoms with E-state index in [1.165, 1.54) is 54.1 Å². The van der Waals surface area contributed by atoms with Crippen LogP contribution in [0.25, 0.3) is 81.7 Å². The third-order valence-corrected chi connectivity index (χ3v) is 10.4. The minimum Gasteiger partial charge on any atom is -0.454 e. The summed E-state index contributed by atoms with van der Waals surface area (Å²) in [5.41, 5.74) is 8.34. The minimum atomic E-state index is 0.786. The van der Waals surface area contributed by atoms with Gasteiger partial charge in [-0.05, 0) is 87.6 Å². The van der Waals surface area contributed by atoms with Crippen LogP contribution in [0, 0.1) is 0 Å². The fourth-order valence-electron chi connectivity index (χ4n) is 8.11. The average molecular weight is 652 g/mol. The monoisotopic (exact) mass is 651 g/mol. The summed E-state index contributed by atoms with van der Waals surface area (Å²) in [6, 6.07) is 59.3. The van der Waals surface area contributed by atoms with E-state index in [-0.39, 0.29) is 0 Å². The van der Waals surface area contributed by atoms with Gasteiger partial charge < -0.3 is 13.9 Å². The molecule has 0 saturated carbocycles. The van der Waals surface area contributed by atoms with Crippen molar-refractivity contribution >= 4 is 93.1 Å². The van der Waals surface area contributed by atoms with Crippen molar-refractivity contribution in [1.82, 2.24) is 9.55 Å². The Morgan fingerprint density at radius 3 is 2.02 bits per heavy atom. The molecule has 0 amide bonds. The Balaban J connectivity index is 1.23. The predicted octanol–water partition coefficient (Wildman–Crippen LogP) is 13.0. The summed E-state index contributed by atoms with van der Waals surface area (Å²) in [6.07, 6.45) is 3.62. The van der Waals surface area contributed by atoms with Crippen molar-refractivity contribution in [2.24, 2.45) is 0 Å². The van der Waals surface area contributed by atoms with Gasteiger partial charge >= 0.3 is 0 Å². The van der Waals surface area contributed by atoms with Crippen LogP contribution >= 0.6 is 0 Å². The zero-order chi connectivity index (χ0) is 33.5. The molecule has 3 heterocycles. The highest BCUT2D eigenvalue weighted by Gasteiger charge is 2.21. The Morgan fingerprint density at radius 2 is 1.12 bits per heavy atom. The van der Waals surface area contributed by atoms with E-state index in [1.54, 1.807) is 6.20 Å². The summed E-state index contributed by atoms with van der Waals surface area (Å²) in [4.78, 5) is 6.69. The third kappa shape index (κ3) is 4.23. The van der Waals surface area contributed by atoms with Gasteiger partial charge in [-0.15, -0.1) is 0 Å². The summed E-state index contributed by atoms with van der Waals surface area (Å²) in [5.74, 6) is 0. The van der Waals surface area contributed by atoms with Gasteiger partial charge in [0, 0.05) is 50.2 Å². The number of pyridine rings is 1. The number of hydrogen-bond donors (Lipinski definition) is 0. The van der Waals surface area contributed by atoms with Crippen molar-refractivity contribution in [3.05, 3.63) is 176 Å². The molecule has 0 N–H and O–H groups in total. The molecule has 11 rings (SSSR count). The summed E-state index contributed by atoms with van der Waals surface area (Å²) >= 11 is 0. The molecule has 0 aliphatic heterocycles. The Bertz CT molecular complexity index is 3170. The summed E-state index contributed by atoms with van der Waals surface area (Å²) in [6.45, 7) is 0. The van der Waals surface area contributed by atoms with Crippen LogP contribution < -0.4 is 4.90 Å². The van der Waals surface area contributed by atoms with Crippen LogP contribution in [0.1, 0.15) is 0 Å². The zero-order valence-electron chi connectivity index (χ0n) is 27.5. The van der Waals surface area contributed by atoms with E-state index in [1.807, 2.05) is 12.3 Å². The number of aromatic nitrogens is 2. The van der Waals surface area contributed by atoms with Gasteiger partial charge in [0.15, 0.2) is 5.58 Å². The Labute approximate surface area is 293 Å². The van der Waals surface area contributed by atoms with E-state index in [0.29, 0.717) is 0 Å². The maximum absolute atomic E-state index is 6.21. The first-order chi connectivity index (χ1) is 25.3. The van der Waals surface area contributed by atoms with Crippen molar-refractivity contribution < 1.29 is 4.42 Å². The smallest absolute Gasteiger partial charge is 0.153 e. The van der Waals surface area contributed by atoms with E-state index in [0.717, 1.165) is 44.7 Å². The maximum atomic E-state index is 6.21. The minimum absolute atomic E-state index is 0.786. The van der Waals surface area contributed by atoms with E-state index in [4.69, 9.17) is 4.42 Å². The van der Waals surface area contributed by atoms with Crippen LogP contribution in [-0.4, -0.2) is 9.55 Å². The van der Waals surface area contributed by atoms with Crippen molar-refractivity contribution in [2.45, 2.75) is 0 Å². The highest BCUT2D eigenvalue weighted by molar-refractivity contribution is 6.22. The first kappa shape index (κ1) is 28.0. The predicted molar refractivity (Wildman–Crippen MR) is 213 cm³/mol. The molecule has 0 aliphatic carbocycles. The fourth-order valence-corrected chi connectivity index (χ4v) is 8.11. The lowest BCUT2D eigenvalue weighted by molar-refractivity contribution is 0.667. The first-order valence-corrected chi connectivity index (χ1v) is 17.3. The normalized spacial score (nSPS) is 11.9. The van der Waals surface area contributed by atoms with Crippen LogP contribution in [0.3, 0.4) is 0 Å². The van der Waals surface area contributed by atoms with Gasteiger partial charge in [-0.1, -0.05) is 103 Å². The lowest BCUT2D eigenvalue weighted by Crippen LogP contribution is -2.11. The van der Waals surface area contributed by atoms with E-state index >= 15 is 0 Å². The second kappa shape index (κ2) is 10.8. The second-order valence-electron chi connectivity index (χ2n) is 13.2. The molecule has 0 radical (unpaired) electrons. The Kier molecular flexibility index (Phi) is 5.92. The maximum Gasteiger partial charge on any atom is 0.153 e. The Hall–Kier alpha value is -6.91. The van der Waals surface area contributed by atoms with Crippen molar-refractivity contribution in [1.29, 1.82) is 0 Å². The molecule has 11 aromatic rings. The standard InChI is InChI=1S/C47H29N3O/c1-2-11-32-25-34(19-17-30(32)9-1)49(35-20-22-45-41(27-35)39-23-24-48-29-46(39)51-45)36-26-33-12-4-5-13-37(33)44(28-36)50-42-16-8-7-15-40(42)47-38-14-6-3-10-31(38)18-21-43(47)50/h1-29H. The molecule has 0 spiro atoms. The largest absolute Gasteiger partial charge is 0.454 e. The molecule has 0 fully saturated rings. The molecule has 0 aliphatic rings. The highest BCUT2D eigenvalue weighted by Crippen LogP contribution is 2.44. The van der Waals surface area contributed by atoms with Crippen LogP contribution in [0.5, 0.6) is 0 Å². The zero-order valence-corrected chi connectivity index (χ0v) is 27.5. The average Bonchev–Trinajstić information content (AvgIpc) is 3.73. The van der Waals surface area contributed by atoms with Crippen LogP contribution in [0.2, 0.25) is 0 Å². The van der Waals surface area contributed by atoms with Gasteiger partial charge in [-0.3, -0.25) is 4.98 Å². The number of benzene rings is 8. The molecule has 8 aromatic carbocycles. The number of rotatable bonds is 4. The highest BCUT2D eigenvalue weighted by atomic mass is 16.3. The van der Waals surface area contributed by atoms with Gasteiger partial charge in [0.25, 0.3) is 0 Å². The summed E-state index contributed by atoms with van der Waals surface area (Å²) in [5, 5.41) is 11.9. The number of para-hydroxylation sites is 1. The van der Waals surface area contributed by atoms with Crippen molar-refractivity contribution in [3.63, 3.8) is 0 Å². The fraction of sp³-hybridized carbons (Fsp3) is 0. The lowest BCUT2D eigenvalue weighted by atomic mass is 10.0. The van der Waals surface area contributed by atoms with E-state index in [9.17, 15) is 0 Å². The molecule has 4 nitrogen and oxygen atoms in total. The number of fused-ring (bicyclic) bond motifs is 10. The van der Waals surface area contributed by atoms with Crippen LogP contribution in [0.15, 0.2) is 181 Å². The number of hydrogen-bond acceptors (Lipinski definition) is 3. The van der Waals surface area contributed by atoms with Gasteiger partial charge in [-0.2, -0.15) is 0 Å². The molecule has 0 unspecified atom stereocenters. The third-order valence-electron chi connectivity index (χ3n) is 10.4. The molecule has 238 valence electrons. The van der Waals surface area contributed by atoms with Crippen LogP contribution in [0.4, 0.5) is 17.1 Å². The molecule has 3 aromatic heterocycles. The molecule has 0 bridgehead atoms. The quantitative estimate of drug-likeness (QED) is 0.190. The van der Waals surface area contributed by atoms with Gasteiger partial charge in [-0.25, -0.2) is 0 Å². The van der Waals surface area contributed by atoms with Gasteiger partial charge in [0.2, 0.25) is 0 Å². The van der Waals surface area contributed by atoms with Gasteiger partial charge in [0.05, 0.1) is 22.9 Å².